The minimum Gasteiger partial charge on any atom is -0.488 e. The third kappa shape index (κ3) is 3.83. The molecule has 3 aromatic rings. The minimum atomic E-state index is -0.444. The highest BCUT2D eigenvalue weighted by molar-refractivity contribution is 9.10. The number of nitrogens with two attached hydrogens (primary N) is 1. The van der Waals surface area contributed by atoms with Crippen molar-refractivity contribution in [2.75, 3.05) is 0 Å². The Hall–Kier alpha value is -3.84. The van der Waals surface area contributed by atoms with Crippen LogP contribution in [0.5, 0.6) is 11.6 Å². The number of benzene rings is 2. The van der Waals surface area contributed by atoms with Gasteiger partial charge in [0, 0.05) is 23.4 Å². The second-order valence-corrected chi connectivity index (χ2v) is 7.75. The molecule has 1 aromatic heterocycles. The van der Waals surface area contributed by atoms with E-state index in [2.05, 4.69) is 32.2 Å². The summed E-state index contributed by atoms with van der Waals surface area (Å²) in [5, 5.41) is 27.6. The first-order valence-electron chi connectivity index (χ1n) is 9.17. The van der Waals surface area contributed by atoms with Crippen molar-refractivity contribution in [1.29, 1.82) is 5.26 Å². The van der Waals surface area contributed by atoms with Crippen LogP contribution in [0.25, 0.3) is 0 Å². The van der Waals surface area contributed by atoms with Gasteiger partial charge in [0.25, 0.3) is 5.69 Å². The summed E-state index contributed by atoms with van der Waals surface area (Å²) in [7, 11) is 0. The van der Waals surface area contributed by atoms with Crippen molar-refractivity contribution < 1.29 is 14.4 Å². The predicted molar refractivity (Wildman–Crippen MR) is 114 cm³/mol. The highest BCUT2D eigenvalue weighted by atomic mass is 79.9. The molecule has 0 aliphatic carbocycles. The van der Waals surface area contributed by atoms with Crippen LogP contribution in [-0.4, -0.2) is 15.1 Å². The van der Waals surface area contributed by atoms with E-state index < -0.39 is 10.8 Å². The fourth-order valence-electron chi connectivity index (χ4n) is 3.47. The van der Waals surface area contributed by atoms with Gasteiger partial charge in [-0.05, 0) is 46.1 Å². The lowest BCUT2D eigenvalue weighted by molar-refractivity contribution is -0.384. The number of aromatic amines is 1. The zero-order valence-electron chi connectivity index (χ0n) is 16.3. The number of ether oxygens (including phenoxy) is 2. The number of non-ortho nitro benzene ring substituents is 1. The van der Waals surface area contributed by atoms with Crippen LogP contribution >= 0.6 is 15.9 Å². The molecule has 0 fully saturated rings. The summed E-state index contributed by atoms with van der Waals surface area (Å²) in [5.41, 5.74) is 9.28. The molecule has 0 radical (unpaired) electrons. The summed E-state index contributed by atoms with van der Waals surface area (Å²) in [6.07, 6.45) is 0. The molecule has 0 amide bonds. The maximum absolute atomic E-state index is 10.9. The number of aromatic nitrogens is 2. The lowest BCUT2D eigenvalue weighted by atomic mass is 9.84. The highest BCUT2D eigenvalue weighted by Crippen LogP contribution is 2.44. The van der Waals surface area contributed by atoms with Gasteiger partial charge in [-0.3, -0.25) is 15.2 Å². The molecule has 1 atom stereocenters. The molecule has 2 aromatic carbocycles. The van der Waals surface area contributed by atoms with Gasteiger partial charge in [-0.2, -0.15) is 5.26 Å². The van der Waals surface area contributed by atoms with E-state index >= 15 is 0 Å². The standard InChI is InChI=1S/C21H16BrN5O4/c1-11-18-19(15(9-23)20(24)31-21(18)26-25-11)13-5-6-17(16(22)8-13)30-10-12-3-2-4-14(7-12)27(28)29/h2-8,19H,10,24H2,1H3,(H,25,26)/t19-/m1/s1. The second kappa shape index (κ2) is 8.12. The van der Waals surface area contributed by atoms with Crippen molar-refractivity contribution in [3.8, 4) is 17.7 Å². The monoisotopic (exact) mass is 481 g/mol. The predicted octanol–water partition coefficient (Wildman–Crippen LogP) is 4.19. The van der Waals surface area contributed by atoms with Crippen LogP contribution in [0.1, 0.15) is 28.3 Å². The number of aryl methyl sites for hydroxylation is 1. The Labute approximate surface area is 185 Å². The van der Waals surface area contributed by atoms with Gasteiger partial charge in [-0.1, -0.05) is 18.2 Å². The Bertz CT molecular complexity index is 1260. The van der Waals surface area contributed by atoms with Crippen molar-refractivity contribution in [1.82, 2.24) is 10.2 Å². The first-order valence-corrected chi connectivity index (χ1v) is 9.96. The SMILES string of the molecule is Cc1[nH]nc2c1[C@H](c1ccc(OCc3cccc([N+](=O)[O-])c3)c(Br)c1)C(C#N)=C(N)O2. The van der Waals surface area contributed by atoms with Gasteiger partial charge in [0.1, 0.15) is 24.0 Å². The quantitative estimate of drug-likeness (QED) is 0.411. The Balaban J connectivity index is 1.62. The van der Waals surface area contributed by atoms with E-state index in [1.165, 1.54) is 12.1 Å². The molecule has 0 saturated carbocycles. The number of nitrogens with zero attached hydrogens (tertiary/aromatic N) is 3. The van der Waals surface area contributed by atoms with Crippen molar-refractivity contribution >= 4 is 21.6 Å². The van der Waals surface area contributed by atoms with Gasteiger partial charge in [-0.15, -0.1) is 5.10 Å². The molecule has 10 heteroatoms. The summed E-state index contributed by atoms with van der Waals surface area (Å²) in [4.78, 5) is 10.5. The van der Waals surface area contributed by atoms with Crippen molar-refractivity contribution in [2.24, 2.45) is 5.73 Å². The largest absolute Gasteiger partial charge is 0.488 e. The summed E-state index contributed by atoms with van der Waals surface area (Å²) in [6, 6.07) is 13.9. The molecular formula is C21H16BrN5O4. The van der Waals surface area contributed by atoms with Gasteiger partial charge >= 0.3 is 0 Å². The third-order valence-corrected chi connectivity index (χ3v) is 5.55. The van der Waals surface area contributed by atoms with Crippen LogP contribution in [0.4, 0.5) is 5.69 Å². The van der Waals surface area contributed by atoms with Crippen molar-refractivity contribution in [3.05, 3.63) is 90.9 Å². The number of nitrogens with one attached hydrogen (secondary N) is 1. The van der Waals surface area contributed by atoms with E-state index in [0.717, 1.165) is 16.8 Å². The summed E-state index contributed by atoms with van der Waals surface area (Å²) < 4.78 is 12.0. The first-order chi connectivity index (χ1) is 14.9. The fraction of sp³-hybridized carbons (Fsp3) is 0.143. The van der Waals surface area contributed by atoms with Gasteiger partial charge in [0.15, 0.2) is 0 Å². The molecule has 156 valence electrons. The highest BCUT2D eigenvalue weighted by Gasteiger charge is 2.34. The zero-order chi connectivity index (χ0) is 22.1. The number of halogens is 1. The van der Waals surface area contributed by atoms with Crippen LogP contribution < -0.4 is 15.2 Å². The summed E-state index contributed by atoms with van der Waals surface area (Å²) in [6.45, 7) is 2.02. The normalized spacial score (nSPS) is 15.1. The Morgan fingerprint density at radius 1 is 1.39 bits per heavy atom. The Morgan fingerprint density at radius 2 is 2.19 bits per heavy atom. The van der Waals surface area contributed by atoms with Gasteiger partial charge in [0.2, 0.25) is 11.8 Å². The number of nitriles is 1. The maximum atomic E-state index is 10.9. The van der Waals surface area contributed by atoms with E-state index in [0.29, 0.717) is 27.2 Å². The second-order valence-electron chi connectivity index (χ2n) is 6.90. The molecule has 31 heavy (non-hydrogen) atoms. The van der Waals surface area contributed by atoms with Crippen molar-refractivity contribution in [3.63, 3.8) is 0 Å². The molecule has 2 heterocycles. The van der Waals surface area contributed by atoms with E-state index in [-0.39, 0.29) is 18.2 Å². The number of nitro benzene ring substituents is 1. The number of hydrogen-bond acceptors (Lipinski definition) is 7. The maximum Gasteiger partial charge on any atom is 0.269 e. The molecule has 0 unspecified atom stereocenters. The minimum absolute atomic E-state index is 0.00901. The topological polar surface area (TPSA) is 140 Å². The van der Waals surface area contributed by atoms with Crippen LogP contribution in [0.15, 0.2) is 58.4 Å². The molecule has 3 N–H and O–H groups in total. The van der Waals surface area contributed by atoms with Crippen LogP contribution in [0.3, 0.4) is 0 Å². The van der Waals surface area contributed by atoms with Crippen LogP contribution in [0.2, 0.25) is 0 Å². The van der Waals surface area contributed by atoms with Gasteiger partial charge in [-0.25, -0.2) is 0 Å². The summed E-state index contributed by atoms with van der Waals surface area (Å²) in [5.74, 6) is 0.492. The zero-order valence-corrected chi connectivity index (χ0v) is 17.8. The third-order valence-electron chi connectivity index (χ3n) is 4.93. The van der Waals surface area contributed by atoms with E-state index in [1.54, 1.807) is 18.2 Å². The molecule has 1 aliphatic rings. The molecular weight excluding hydrogens is 466 g/mol. The number of rotatable bonds is 5. The summed E-state index contributed by atoms with van der Waals surface area (Å²) >= 11 is 3.51. The number of allylic oxidation sites excluding steroid dienone is 1. The average Bonchev–Trinajstić information content (AvgIpc) is 3.12. The molecule has 0 spiro atoms. The first kappa shape index (κ1) is 20.4. The number of fused-ring (bicyclic) bond motifs is 1. The van der Waals surface area contributed by atoms with E-state index in [1.807, 2.05) is 19.1 Å². The lowest BCUT2D eigenvalue weighted by Crippen LogP contribution is -2.21. The number of hydrogen-bond donors (Lipinski definition) is 2. The smallest absolute Gasteiger partial charge is 0.269 e. The van der Waals surface area contributed by atoms with E-state index in [4.69, 9.17) is 15.2 Å². The van der Waals surface area contributed by atoms with Gasteiger partial charge in [0.05, 0.1) is 15.3 Å². The number of H-pyrrole nitrogens is 1. The molecule has 1 aliphatic heterocycles. The van der Waals surface area contributed by atoms with E-state index in [9.17, 15) is 15.4 Å². The fourth-order valence-corrected chi connectivity index (χ4v) is 3.98. The Morgan fingerprint density at radius 3 is 2.90 bits per heavy atom. The van der Waals surface area contributed by atoms with Crippen LogP contribution in [0, 0.1) is 28.4 Å². The molecule has 0 saturated heterocycles. The van der Waals surface area contributed by atoms with Gasteiger partial charge < -0.3 is 15.2 Å². The molecule has 4 rings (SSSR count). The molecule has 9 nitrogen and oxygen atoms in total. The number of nitro groups is 1. The lowest BCUT2D eigenvalue weighted by Gasteiger charge is -2.24. The average molecular weight is 482 g/mol. The molecule has 0 bridgehead atoms. The Kier molecular flexibility index (Phi) is 5.35. The van der Waals surface area contributed by atoms with Crippen LogP contribution in [-0.2, 0) is 6.61 Å². The van der Waals surface area contributed by atoms with Crippen molar-refractivity contribution in [2.45, 2.75) is 19.4 Å².